The minimum atomic E-state index is -0.637. The smallest absolute Gasteiger partial charge is 0.273 e. The van der Waals surface area contributed by atoms with Gasteiger partial charge in [0.15, 0.2) is 0 Å². The minimum absolute atomic E-state index is 0.0113. The normalized spacial score (nSPS) is 14.5. The van der Waals surface area contributed by atoms with Gasteiger partial charge in [-0.25, -0.2) is 0 Å². The third-order valence-corrected chi connectivity index (χ3v) is 2.84. The summed E-state index contributed by atoms with van der Waals surface area (Å²) < 4.78 is 0. The molecule has 0 aliphatic rings. The Kier molecular flexibility index (Phi) is 4.26. The lowest BCUT2D eigenvalue weighted by molar-refractivity contribution is -0.385. The first kappa shape index (κ1) is 12.9. The first-order chi connectivity index (χ1) is 7.47. The molecule has 5 heteroatoms. The molecule has 4 nitrogen and oxygen atoms in total. The molecule has 1 aromatic carbocycles. The van der Waals surface area contributed by atoms with E-state index in [1.54, 1.807) is 13.0 Å². The maximum atomic E-state index is 10.9. The van der Waals surface area contributed by atoms with Gasteiger partial charge in [0, 0.05) is 22.6 Å². The molecule has 0 spiro atoms. The van der Waals surface area contributed by atoms with Crippen molar-refractivity contribution in [2.75, 3.05) is 0 Å². The Morgan fingerprint density at radius 3 is 2.62 bits per heavy atom. The SMILES string of the molecule is CCC(c1cc(Cl)ccc1[N+](=O)[O-])C(C)O. The molecular formula is C11H14ClNO3. The lowest BCUT2D eigenvalue weighted by atomic mass is 9.90. The zero-order chi connectivity index (χ0) is 12.3. The van der Waals surface area contributed by atoms with E-state index in [1.807, 2.05) is 6.92 Å². The van der Waals surface area contributed by atoms with Crippen LogP contribution in [0.1, 0.15) is 31.7 Å². The number of aliphatic hydroxyl groups is 1. The van der Waals surface area contributed by atoms with Crippen LogP contribution in [0.3, 0.4) is 0 Å². The number of aliphatic hydroxyl groups excluding tert-OH is 1. The fraction of sp³-hybridized carbons (Fsp3) is 0.455. The van der Waals surface area contributed by atoms with Crippen LogP contribution in [0.15, 0.2) is 18.2 Å². The molecule has 1 rings (SSSR count). The molecule has 2 atom stereocenters. The van der Waals surface area contributed by atoms with E-state index in [0.717, 1.165) is 0 Å². The van der Waals surface area contributed by atoms with Crippen molar-refractivity contribution < 1.29 is 10.0 Å². The molecule has 2 unspecified atom stereocenters. The second kappa shape index (κ2) is 5.27. The number of benzene rings is 1. The molecule has 0 aliphatic carbocycles. The van der Waals surface area contributed by atoms with Gasteiger partial charge in [0.2, 0.25) is 0 Å². The molecule has 16 heavy (non-hydrogen) atoms. The summed E-state index contributed by atoms with van der Waals surface area (Å²) >= 11 is 5.82. The molecule has 0 saturated heterocycles. The molecule has 88 valence electrons. The van der Waals surface area contributed by atoms with Crippen LogP contribution < -0.4 is 0 Å². The van der Waals surface area contributed by atoms with Crippen LogP contribution >= 0.6 is 11.6 Å². The number of halogens is 1. The molecule has 0 radical (unpaired) electrons. The van der Waals surface area contributed by atoms with Crippen LogP contribution in [0.25, 0.3) is 0 Å². The van der Waals surface area contributed by atoms with Crippen molar-refractivity contribution in [1.29, 1.82) is 0 Å². The van der Waals surface area contributed by atoms with Gasteiger partial charge < -0.3 is 5.11 Å². The van der Waals surface area contributed by atoms with Crippen LogP contribution in [0.5, 0.6) is 0 Å². The Balaban J connectivity index is 3.27. The fourth-order valence-corrected chi connectivity index (χ4v) is 1.99. The van der Waals surface area contributed by atoms with Crippen LogP contribution in [-0.4, -0.2) is 16.1 Å². The van der Waals surface area contributed by atoms with Crippen molar-refractivity contribution in [3.63, 3.8) is 0 Å². The van der Waals surface area contributed by atoms with Gasteiger partial charge in [0.25, 0.3) is 5.69 Å². The Hall–Kier alpha value is -1.13. The average Bonchev–Trinajstić information content (AvgIpc) is 2.17. The van der Waals surface area contributed by atoms with E-state index in [2.05, 4.69) is 0 Å². The van der Waals surface area contributed by atoms with E-state index in [0.29, 0.717) is 17.0 Å². The van der Waals surface area contributed by atoms with Crippen molar-refractivity contribution in [2.45, 2.75) is 32.3 Å². The topological polar surface area (TPSA) is 63.4 Å². The molecule has 0 bridgehead atoms. The van der Waals surface area contributed by atoms with Gasteiger partial charge in [-0.1, -0.05) is 18.5 Å². The first-order valence-electron chi connectivity index (χ1n) is 5.09. The lowest BCUT2D eigenvalue weighted by Gasteiger charge is -2.18. The highest BCUT2D eigenvalue weighted by molar-refractivity contribution is 6.30. The number of hydrogen-bond acceptors (Lipinski definition) is 3. The molecule has 1 aromatic rings. The molecule has 0 fully saturated rings. The summed E-state index contributed by atoms with van der Waals surface area (Å²) in [7, 11) is 0. The Bertz CT molecular complexity index is 393. The molecule has 0 amide bonds. The van der Waals surface area contributed by atoms with Crippen LogP contribution in [-0.2, 0) is 0 Å². The zero-order valence-corrected chi connectivity index (χ0v) is 9.94. The van der Waals surface area contributed by atoms with Crippen molar-refractivity contribution in [3.8, 4) is 0 Å². The van der Waals surface area contributed by atoms with Crippen LogP contribution in [0.4, 0.5) is 5.69 Å². The summed E-state index contributed by atoms with van der Waals surface area (Å²) in [6.07, 6.45) is -0.0130. The summed E-state index contributed by atoms with van der Waals surface area (Å²) in [5.74, 6) is -0.265. The highest BCUT2D eigenvalue weighted by atomic mass is 35.5. The number of nitrogens with zero attached hydrogens (tertiary/aromatic N) is 1. The van der Waals surface area contributed by atoms with Gasteiger partial charge in [-0.15, -0.1) is 0 Å². The molecular weight excluding hydrogens is 230 g/mol. The largest absolute Gasteiger partial charge is 0.393 e. The Labute approximate surface area is 99.0 Å². The predicted molar refractivity (Wildman–Crippen MR) is 62.8 cm³/mol. The average molecular weight is 244 g/mol. The van der Waals surface area contributed by atoms with E-state index >= 15 is 0 Å². The summed E-state index contributed by atoms with van der Waals surface area (Å²) in [5.41, 5.74) is 0.507. The predicted octanol–water partition coefficient (Wildman–Crippen LogP) is 3.12. The first-order valence-corrected chi connectivity index (χ1v) is 5.47. The molecule has 0 saturated carbocycles. The van der Waals surface area contributed by atoms with Gasteiger partial charge in [-0.3, -0.25) is 10.1 Å². The molecule has 0 aromatic heterocycles. The monoisotopic (exact) mass is 243 g/mol. The molecule has 0 aliphatic heterocycles. The summed E-state index contributed by atoms with van der Waals surface area (Å²) in [4.78, 5) is 10.4. The van der Waals surface area contributed by atoms with Crippen molar-refractivity contribution in [1.82, 2.24) is 0 Å². The maximum Gasteiger partial charge on any atom is 0.273 e. The van der Waals surface area contributed by atoms with Crippen LogP contribution in [0.2, 0.25) is 5.02 Å². The van der Waals surface area contributed by atoms with E-state index in [-0.39, 0.29) is 11.6 Å². The Morgan fingerprint density at radius 1 is 1.56 bits per heavy atom. The number of nitro benzene ring substituents is 1. The lowest BCUT2D eigenvalue weighted by Crippen LogP contribution is -2.15. The number of rotatable bonds is 4. The van der Waals surface area contributed by atoms with Gasteiger partial charge in [-0.05, 0) is 25.5 Å². The van der Waals surface area contributed by atoms with Gasteiger partial charge in [-0.2, -0.15) is 0 Å². The van der Waals surface area contributed by atoms with Crippen LogP contribution in [0, 0.1) is 10.1 Å². The standard InChI is InChI=1S/C11H14ClNO3/c1-3-9(7(2)14)10-6-8(12)4-5-11(10)13(15)16/h4-7,9,14H,3H2,1-2H3. The van der Waals surface area contributed by atoms with Crippen molar-refractivity contribution in [3.05, 3.63) is 38.9 Å². The highest BCUT2D eigenvalue weighted by Gasteiger charge is 2.24. The number of nitro groups is 1. The molecule has 0 heterocycles. The van der Waals surface area contributed by atoms with Crippen molar-refractivity contribution in [2.24, 2.45) is 0 Å². The van der Waals surface area contributed by atoms with Gasteiger partial charge in [0.05, 0.1) is 11.0 Å². The van der Waals surface area contributed by atoms with E-state index in [1.165, 1.54) is 12.1 Å². The van der Waals surface area contributed by atoms with E-state index in [4.69, 9.17) is 11.6 Å². The van der Waals surface area contributed by atoms with E-state index in [9.17, 15) is 15.2 Å². The third kappa shape index (κ3) is 2.71. The van der Waals surface area contributed by atoms with Gasteiger partial charge in [0.1, 0.15) is 0 Å². The number of hydrogen-bond donors (Lipinski definition) is 1. The highest BCUT2D eigenvalue weighted by Crippen LogP contribution is 2.33. The van der Waals surface area contributed by atoms with Gasteiger partial charge >= 0.3 is 0 Å². The Morgan fingerprint density at radius 2 is 2.19 bits per heavy atom. The third-order valence-electron chi connectivity index (χ3n) is 2.61. The maximum absolute atomic E-state index is 10.9. The van der Waals surface area contributed by atoms with E-state index < -0.39 is 11.0 Å². The fourth-order valence-electron chi connectivity index (χ4n) is 1.81. The second-order valence-electron chi connectivity index (χ2n) is 3.72. The quantitative estimate of drug-likeness (QED) is 0.653. The second-order valence-corrected chi connectivity index (χ2v) is 4.15. The summed E-state index contributed by atoms with van der Waals surface area (Å²) in [6.45, 7) is 3.50. The molecule has 1 N–H and O–H groups in total. The summed E-state index contributed by atoms with van der Waals surface area (Å²) in [5, 5.41) is 20.9. The van der Waals surface area contributed by atoms with Crippen molar-refractivity contribution >= 4 is 17.3 Å². The minimum Gasteiger partial charge on any atom is -0.393 e. The summed E-state index contributed by atoms with van der Waals surface area (Å²) in [6, 6.07) is 4.42. The zero-order valence-electron chi connectivity index (χ0n) is 9.18.